The van der Waals surface area contributed by atoms with E-state index in [-0.39, 0.29) is 5.91 Å². The number of likely N-dealkylation sites (N-methyl/N-ethyl adjacent to an activating group) is 1. The van der Waals surface area contributed by atoms with Gasteiger partial charge in [-0.15, -0.1) is 0 Å². The Bertz CT molecular complexity index is 262. The standard InChI is InChI=1S/C14H30N4O/c1-16(2)11-13-5-9-18(10-6-13)12-14(19)17(3)8-4-7-15/h13H,4-12,15H2,1-3H3. The van der Waals surface area contributed by atoms with Crippen molar-refractivity contribution < 1.29 is 4.79 Å². The molecule has 112 valence electrons. The second kappa shape index (κ2) is 8.51. The molecular formula is C14H30N4O. The summed E-state index contributed by atoms with van der Waals surface area (Å²) < 4.78 is 0. The summed E-state index contributed by atoms with van der Waals surface area (Å²) in [6.45, 7) is 5.25. The number of amides is 1. The minimum absolute atomic E-state index is 0.222. The molecule has 1 saturated heterocycles. The Balaban J connectivity index is 2.23. The third-order valence-corrected chi connectivity index (χ3v) is 3.81. The summed E-state index contributed by atoms with van der Waals surface area (Å²) in [5.41, 5.74) is 5.46. The van der Waals surface area contributed by atoms with Crippen molar-refractivity contribution in [2.75, 3.05) is 60.4 Å². The van der Waals surface area contributed by atoms with Gasteiger partial charge in [-0.05, 0) is 58.9 Å². The molecule has 1 aliphatic heterocycles. The van der Waals surface area contributed by atoms with Crippen molar-refractivity contribution in [2.45, 2.75) is 19.3 Å². The molecule has 5 heteroatoms. The maximum absolute atomic E-state index is 12.0. The van der Waals surface area contributed by atoms with Gasteiger partial charge in [-0.2, -0.15) is 0 Å². The number of nitrogens with two attached hydrogens (primary N) is 1. The Hall–Kier alpha value is -0.650. The van der Waals surface area contributed by atoms with Gasteiger partial charge in [-0.3, -0.25) is 9.69 Å². The van der Waals surface area contributed by atoms with Crippen molar-refractivity contribution in [1.29, 1.82) is 0 Å². The van der Waals surface area contributed by atoms with Crippen molar-refractivity contribution in [3.05, 3.63) is 0 Å². The van der Waals surface area contributed by atoms with E-state index in [1.807, 2.05) is 7.05 Å². The molecule has 0 aromatic carbocycles. The lowest BCUT2D eigenvalue weighted by Crippen LogP contribution is -2.43. The van der Waals surface area contributed by atoms with Crippen molar-refractivity contribution >= 4 is 5.91 Å². The van der Waals surface area contributed by atoms with E-state index in [1.54, 1.807) is 4.90 Å². The first-order chi connectivity index (χ1) is 9.02. The average molecular weight is 270 g/mol. The topological polar surface area (TPSA) is 52.8 Å². The summed E-state index contributed by atoms with van der Waals surface area (Å²) in [5.74, 6) is 1.01. The molecule has 0 spiro atoms. The minimum atomic E-state index is 0.222. The first-order valence-electron chi connectivity index (χ1n) is 7.34. The van der Waals surface area contributed by atoms with Crippen LogP contribution in [0.2, 0.25) is 0 Å². The predicted octanol–water partition coefficient (Wildman–Crippen LogP) is 0.0672. The highest BCUT2D eigenvalue weighted by Gasteiger charge is 2.22. The number of carbonyl (C=O) groups excluding carboxylic acids is 1. The van der Waals surface area contributed by atoms with Crippen LogP contribution in [0.15, 0.2) is 0 Å². The fraction of sp³-hybridized carbons (Fsp3) is 0.929. The van der Waals surface area contributed by atoms with Crippen LogP contribution in [-0.2, 0) is 4.79 Å². The molecule has 1 rings (SSSR count). The molecule has 0 aromatic rings. The smallest absolute Gasteiger partial charge is 0.236 e. The van der Waals surface area contributed by atoms with Crippen LogP contribution in [-0.4, -0.2) is 81.0 Å². The van der Waals surface area contributed by atoms with Gasteiger partial charge in [0, 0.05) is 20.1 Å². The van der Waals surface area contributed by atoms with Gasteiger partial charge >= 0.3 is 0 Å². The van der Waals surface area contributed by atoms with Crippen LogP contribution in [0, 0.1) is 5.92 Å². The van der Waals surface area contributed by atoms with E-state index in [0.29, 0.717) is 13.1 Å². The molecule has 0 bridgehead atoms. The van der Waals surface area contributed by atoms with Gasteiger partial charge in [0.15, 0.2) is 0 Å². The normalized spacial score (nSPS) is 17.9. The van der Waals surface area contributed by atoms with Crippen LogP contribution in [0.25, 0.3) is 0 Å². The zero-order valence-corrected chi connectivity index (χ0v) is 12.8. The number of nitrogens with zero attached hydrogens (tertiary/aromatic N) is 3. The van der Waals surface area contributed by atoms with Gasteiger partial charge in [-0.1, -0.05) is 0 Å². The Morgan fingerprint density at radius 1 is 1.26 bits per heavy atom. The van der Waals surface area contributed by atoms with E-state index >= 15 is 0 Å². The van der Waals surface area contributed by atoms with Crippen LogP contribution in [0.1, 0.15) is 19.3 Å². The van der Waals surface area contributed by atoms with Gasteiger partial charge < -0.3 is 15.5 Å². The monoisotopic (exact) mass is 270 g/mol. The molecular weight excluding hydrogens is 240 g/mol. The molecule has 1 aliphatic rings. The zero-order chi connectivity index (χ0) is 14.3. The van der Waals surface area contributed by atoms with Crippen molar-refractivity contribution in [3.63, 3.8) is 0 Å². The molecule has 2 N–H and O–H groups in total. The quantitative estimate of drug-likeness (QED) is 0.711. The van der Waals surface area contributed by atoms with Crippen molar-refractivity contribution in [2.24, 2.45) is 11.7 Å². The SMILES string of the molecule is CN(C)CC1CCN(CC(=O)N(C)CCCN)CC1. The predicted molar refractivity (Wildman–Crippen MR) is 79.0 cm³/mol. The van der Waals surface area contributed by atoms with Gasteiger partial charge in [0.1, 0.15) is 0 Å². The van der Waals surface area contributed by atoms with Crippen LogP contribution < -0.4 is 5.73 Å². The molecule has 5 nitrogen and oxygen atoms in total. The summed E-state index contributed by atoms with van der Waals surface area (Å²) in [5, 5.41) is 0. The Morgan fingerprint density at radius 2 is 1.89 bits per heavy atom. The van der Waals surface area contributed by atoms with E-state index in [0.717, 1.165) is 38.5 Å². The largest absolute Gasteiger partial charge is 0.345 e. The Morgan fingerprint density at radius 3 is 2.42 bits per heavy atom. The molecule has 0 saturated carbocycles. The van der Waals surface area contributed by atoms with E-state index in [1.165, 1.54) is 12.8 Å². The number of likely N-dealkylation sites (tertiary alicyclic amines) is 1. The molecule has 1 amide bonds. The summed E-state index contributed by atoms with van der Waals surface area (Å²) in [6.07, 6.45) is 3.29. The van der Waals surface area contributed by atoms with Crippen LogP contribution in [0.3, 0.4) is 0 Å². The van der Waals surface area contributed by atoms with E-state index in [4.69, 9.17) is 5.73 Å². The van der Waals surface area contributed by atoms with Gasteiger partial charge in [0.2, 0.25) is 5.91 Å². The number of rotatable bonds is 7. The minimum Gasteiger partial charge on any atom is -0.345 e. The lowest BCUT2D eigenvalue weighted by molar-refractivity contribution is -0.131. The first kappa shape index (κ1) is 16.4. The van der Waals surface area contributed by atoms with E-state index in [9.17, 15) is 4.79 Å². The average Bonchev–Trinajstić information content (AvgIpc) is 2.37. The molecule has 0 unspecified atom stereocenters. The molecule has 0 radical (unpaired) electrons. The second-order valence-corrected chi connectivity index (χ2v) is 5.94. The van der Waals surface area contributed by atoms with Crippen LogP contribution in [0.5, 0.6) is 0 Å². The zero-order valence-electron chi connectivity index (χ0n) is 12.8. The van der Waals surface area contributed by atoms with Crippen molar-refractivity contribution in [3.8, 4) is 0 Å². The highest BCUT2D eigenvalue weighted by atomic mass is 16.2. The summed E-state index contributed by atoms with van der Waals surface area (Å²) in [7, 11) is 6.13. The number of piperidine rings is 1. The maximum Gasteiger partial charge on any atom is 0.236 e. The molecule has 0 aliphatic carbocycles. The van der Waals surface area contributed by atoms with E-state index in [2.05, 4.69) is 23.9 Å². The summed E-state index contributed by atoms with van der Waals surface area (Å²) in [4.78, 5) is 18.4. The maximum atomic E-state index is 12.0. The molecule has 0 atom stereocenters. The third kappa shape index (κ3) is 6.36. The van der Waals surface area contributed by atoms with Gasteiger partial charge in [-0.25, -0.2) is 0 Å². The van der Waals surface area contributed by atoms with Crippen LogP contribution in [0.4, 0.5) is 0 Å². The van der Waals surface area contributed by atoms with Crippen LogP contribution >= 0.6 is 0 Å². The first-order valence-corrected chi connectivity index (χ1v) is 7.34. The number of carbonyl (C=O) groups is 1. The van der Waals surface area contributed by atoms with Gasteiger partial charge in [0.05, 0.1) is 6.54 Å². The number of hydrogen-bond donors (Lipinski definition) is 1. The lowest BCUT2D eigenvalue weighted by atomic mass is 9.96. The summed E-state index contributed by atoms with van der Waals surface area (Å²) >= 11 is 0. The Kier molecular flexibility index (Phi) is 7.34. The highest BCUT2D eigenvalue weighted by Crippen LogP contribution is 2.17. The summed E-state index contributed by atoms with van der Waals surface area (Å²) in [6, 6.07) is 0. The lowest BCUT2D eigenvalue weighted by Gasteiger charge is -2.33. The third-order valence-electron chi connectivity index (χ3n) is 3.81. The Labute approximate surface area is 117 Å². The van der Waals surface area contributed by atoms with Crippen molar-refractivity contribution in [1.82, 2.24) is 14.7 Å². The second-order valence-electron chi connectivity index (χ2n) is 5.94. The molecule has 1 fully saturated rings. The fourth-order valence-corrected chi connectivity index (χ4v) is 2.61. The number of hydrogen-bond acceptors (Lipinski definition) is 4. The molecule has 19 heavy (non-hydrogen) atoms. The molecule has 1 heterocycles. The van der Waals surface area contributed by atoms with E-state index < -0.39 is 0 Å². The van der Waals surface area contributed by atoms with Gasteiger partial charge in [0.25, 0.3) is 0 Å². The fourth-order valence-electron chi connectivity index (χ4n) is 2.61. The highest BCUT2D eigenvalue weighted by molar-refractivity contribution is 5.77. The molecule has 0 aromatic heterocycles.